The Morgan fingerprint density at radius 1 is 0.962 bits per heavy atom. The molecule has 1 unspecified atom stereocenters. The highest BCUT2D eigenvalue weighted by molar-refractivity contribution is 6.77. The Bertz CT molecular complexity index is 504. The van der Waals surface area contributed by atoms with Gasteiger partial charge in [0.25, 0.3) is 0 Å². The fourth-order valence-electron chi connectivity index (χ4n) is 4.41. The fraction of sp³-hybridized carbons (Fsp3) is 0.682. The van der Waals surface area contributed by atoms with E-state index in [1.807, 2.05) is 6.07 Å². The first-order chi connectivity index (χ1) is 12.2. The van der Waals surface area contributed by atoms with E-state index in [0.717, 1.165) is 19.3 Å². The largest absolute Gasteiger partial charge is 0.481 e. The molecule has 1 atom stereocenters. The SMILES string of the molecule is CC(C)[Si](OC(CCCC(=O)O)CCc1ccccc1)(C(C)C)C(C)C. The maximum absolute atomic E-state index is 10.9. The predicted molar refractivity (Wildman–Crippen MR) is 112 cm³/mol. The third-order valence-corrected chi connectivity index (χ3v) is 11.7. The summed E-state index contributed by atoms with van der Waals surface area (Å²) in [5.74, 6) is -0.716. The molecule has 0 fully saturated rings. The molecule has 0 aliphatic carbocycles. The van der Waals surface area contributed by atoms with Crippen LogP contribution in [-0.4, -0.2) is 25.5 Å². The Morgan fingerprint density at radius 3 is 1.96 bits per heavy atom. The number of carbonyl (C=O) groups is 1. The Hall–Kier alpha value is -1.13. The van der Waals surface area contributed by atoms with Crippen LogP contribution in [0.5, 0.6) is 0 Å². The van der Waals surface area contributed by atoms with E-state index < -0.39 is 14.3 Å². The van der Waals surface area contributed by atoms with Gasteiger partial charge in [0.05, 0.1) is 0 Å². The van der Waals surface area contributed by atoms with Gasteiger partial charge in [-0.15, -0.1) is 0 Å². The maximum Gasteiger partial charge on any atom is 0.303 e. The number of aryl methyl sites for hydroxylation is 1. The van der Waals surface area contributed by atoms with Crippen LogP contribution in [0.2, 0.25) is 16.6 Å². The summed E-state index contributed by atoms with van der Waals surface area (Å²) in [5, 5.41) is 9.00. The van der Waals surface area contributed by atoms with E-state index in [9.17, 15) is 4.79 Å². The van der Waals surface area contributed by atoms with E-state index >= 15 is 0 Å². The van der Waals surface area contributed by atoms with Crippen molar-refractivity contribution in [3.05, 3.63) is 35.9 Å². The first kappa shape index (κ1) is 22.9. The summed E-state index contributed by atoms with van der Waals surface area (Å²) < 4.78 is 6.97. The van der Waals surface area contributed by atoms with Gasteiger partial charge in [-0.3, -0.25) is 4.79 Å². The molecule has 0 amide bonds. The number of hydrogen-bond donors (Lipinski definition) is 1. The molecule has 0 spiro atoms. The van der Waals surface area contributed by atoms with Gasteiger partial charge in [-0.2, -0.15) is 0 Å². The maximum atomic E-state index is 10.9. The Labute approximate surface area is 161 Å². The van der Waals surface area contributed by atoms with E-state index in [1.165, 1.54) is 5.56 Å². The van der Waals surface area contributed by atoms with Gasteiger partial charge in [0.15, 0.2) is 0 Å². The first-order valence-corrected chi connectivity index (χ1v) is 12.3. The van der Waals surface area contributed by atoms with Crippen LogP contribution >= 0.6 is 0 Å². The normalized spacial score (nSPS) is 13.6. The van der Waals surface area contributed by atoms with Crippen molar-refractivity contribution in [3.63, 3.8) is 0 Å². The van der Waals surface area contributed by atoms with E-state index in [1.54, 1.807) is 0 Å². The molecule has 0 saturated heterocycles. The van der Waals surface area contributed by atoms with Gasteiger partial charge >= 0.3 is 5.97 Å². The van der Waals surface area contributed by atoms with Gasteiger partial charge in [-0.1, -0.05) is 71.9 Å². The van der Waals surface area contributed by atoms with Crippen LogP contribution in [-0.2, 0) is 15.6 Å². The lowest BCUT2D eigenvalue weighted by Gasteiger charge is -2.45. The molecule has 0 saturated carbocycles. The van der Waals surface area contributed by atoms with Crippen LogP contribution in [0.1, 0.15) is 72.8 Å². The number of carboxylic acid groups (broad SMARTS) is 1. The lowest BCUT2D eigenvalue weighted by Crippen LogP contribution is -2.50. The topological polar surface area (TPSA) is 46.5 Å². The minimum absolute atomic E-state index is 0.147. The summed E-state index contributed by atoms with van der Waals surface area (Å²) in [5.41, 5.74) is 2.95. The van der Waals surface area contributed by atoms with Gasteiger partial charge in [-0.05, 0) is 47.9 Å². The van der Waals surface area contributed by atoms with Gasteiger partial charge in [0, 0.05) is 12.5 Å². The first-order valence-electron chi connectivity index (χ1n) is 10.1. The monoisotopic (exact) mass is 378 g/mol. The molecular weight excluding hydrogens is 340 g/mol. The van der Waals surface area contributed by atoms with Crippen molar-refractivity contribution in [2.75, 3.05) is 0 Å². The molecule has 0 aliphatic rings. The summed E-state index contributed by atoms with van der Waals surface area (Å²) in [4.78, 5) is 10.9. The lowest BCUT2D eigenvalue weighted by atomic mass is 10.0. The standard InChI is InChI=1S/C22H38O3Si/c1-17(2)26(18(3)4,19(5)6)25-21(13-10-14-22(23)24)16-15-20-11-8-7-9-12-20/h7-9,11-12,17-19,21H,10,13-16H2,1-6H3,(H,23,24). The second-order valence-corrected chi connectivity index (χ2v) is 13.8. The number of hydrogen-bond acceptors (Lipinski definition) is 2. The van der Waals surface area contributed by atoms with Gasteiger partial charge in [0.2, 0.25) is 8.32 Å². The highest BCUT2D eigenvalue weighted by Gasteiger charge is 2.46. The van der Waals surface area contributed by atoms with Crippen LogP contribution in [0.15, 0.2) is 30.3 Å². The van der Waals surface area contributed by atoms with E-state index in [0.29, 0.717) is 23.0 Å². The van der Waals surface area contributed by atoms with Crippen LogP contribution in [0, 0.1) is 0 Å². The Kier molecular flexibility index (Phi) is 9.59. The molecule has 0 heterocycles. The molecule has 0 radical (unpaired) electrons. The van der Waals surface area contributed by atoms with Crippen molar-refractivity contribution >= 4 is 14.3 Å². The van der Waals surface area contributed by atoms with Crippen LogP contribution < -0.4 is 0 Å². The average Bonchev–Trinajstić information content (AvgIpc) is 2.56. The van der Waals surface area contributed by atoms with E-state index in [-0.39, 0.29) is 12.5 Å². The van der Waals surface area contributed by atoms with E-state index in [2.05, 4.69) is 65.8 Å². The smallest absolute Gasteiger partial charge is 0.303 e. The zero-order valence-corrected chi connectivity index (χ0v) is 18.5. The molecule has 0 aromatic heterocycles. The van der Waals surface area contributed by atoms with Crippen molar-refractivity contribution in [3.8, 4) is 0 Å². The van der Waals surface area contributed by atoms with Crippen molar-refractivity contribution in [2.45, 2.75) is 96.4 Å². The molecular formula is C22H38O3Si. The highest BCUT2D eigenvalue weighted by atomic mass is 28.4. The quantitative estimate of drug-likeness (QED) is 0.426. The van der Waals surface area contributed by atoms with Gasteiger partial charge in [-0.25, -0.2) is 0 Å². The molecule has 4 heteroatoms. The molecule has 3 nitrogen and oxygen atoms in total. The summed E-state index contributed by atoms with van der Waals surface area (Å²) in [6.07, 6.45) is 3.84. The molecule has 1 aromatic rings. The zero-order valence-electron chi connectivity index (χ0n) is 17.5. The minimum atomic E-state index is -1.95. The molecule has 0 aliphatic heterocycles. The molecule has 1 N–H and O–H groups in total. The third kappa shape index (κ3) is 6.55. The fourth-order valence-corrected chi connectivity index (χ4v) is 10.0. The second kappa shape index (κ2) is 10.9. The number of benzene rings is 1. The van der Waals surface area contributed by atoms with Crippen molar-refractivity contribution in [1.82, 2.24) is 0 Å². The number of carboxylic acids is 1. The highest BCUT2D eigenvalue weighted by Crippen LogP contribution is 2.43. The third-order valence-electron chi connectivity index (χ3n) is 5.59. The Morgan fingerprint density at radius 2 is 1.50 bits per heavy atom. The van der Waals surface area contributed by atoms with Gasteiger partial charge < -0.3 is 9.53 Å². The lowest BCUT2D eigenvalue weighted by molar-refractivity contribution is -0.137. The Balaban J connectivity index is 2.91. The van der Waals surface area contributed by atoms with Crippen LogP contribution in [0.3, 0.4) is 0 Å². The number of aliphatic carboxylic acids is 1. The van der Waals surface area contributed by atoms with E-state index in [4.69, 9.17) is 9.53 Å². The molecule has 0 bridgehead atoms. The molecule has 1 rings (SSSR count). The average molecular weight is 379 g/mol. The predicted octanol–water partition coefficient (Wildman–Crippen LogP) is 6.43. The summed E-state index contributed by atoms with van der Waals surface area (Å²) in [6.45, 7) is 13.8. The van der Waals surface area contributed by atoms with Crippen molar-refractivity contribution < 1.29 is 14.3 Å². The number of rotatable bonds is 12. The van der Waals surface area contributed by atoms with Crippen molar-refractivity contribution in [2.24, 2.45) is 0 Å². The molecule has 26 heavy (non-hydrogen) atoms. The summed E-state index contributed by atoms with van der Waals surface area (Å²) in [7, 11) is -1.95. The van der Waals surface area contributed by atoms with Gasteiger partial charge in [0.1, 0.15) is 0 Å². The second-order valence-electron chi connectivity index (χ2n) is 8.37. The van der Waals surface area contributed by atoms with Crippen LogP contribution in [0.4, 0.5) is 0 Å². The molecule has 148 valence electrons. The summed E-state index contributed by atoms with van der Waals surface area (Å²) >= 11 is 0. The van der Waals surface area contributed by atoms with Crippen molar-refractivity contribution in [1.29, 1.82) is 0 Å². The zero-order chi connectivity index (χ0) is 19.7. The molecule has 1 aromatic carbocycles. The van der Waals surface area contributed by atoms with Crippen LogP contribution in [0.25, 0.3) is 0 Å². The summed E-state index contributed by atoms with van der Waals surface area (Å²) in [6, 6.07) is 10.5. The minimum Gasteiger partial charge on any atom is -0.481 e.